The van der Waals surface area contributed by atoms with Crippen molar-refractivity contribution < 1.29 is 4.79 Å². The van der Waals surface area contributed by atoms with Gasteiger partial charge in [0.2, 0.25) is 0 Å². The molecule has 0 saturated carbocycles. The summed E-state index contributed by atoms with van der Waals surface area (Å²) in [5.41, 5.74) is 9.73. The number of hydrogen-bond donors (Lipinski definition) is 0. The summed E-state index contributed by atoms with van der Waals surface area (Å²) in [5, 5.41) is 3.53. The molecule has 0 aromatic carbocycles. The molecular weight excluding hydrogens is 282 g/mol. The molecule has 0 saturated heterocycles. The number of amides is 1. The van der Waals surface area contributed by atoms with Crippen LogP contribution in [0.2, 0.25) is 0 Å². The lowest BCUT2D eigenvalue weighted by atomic mass is 10.2. The lowest BCUT2D eigenvalue weighted by Gasteiger charge is -2.23. The van der Waals surface area contributed by atoms with E-state index in [2.05, 4.69) is 20.0 Å². The molecule has 1 amide bonds. The van der Waals surface area contributed by atoms with E-state index in [4.69, 9.17) is 5.53 Å². The van der Waals surface area contributed by atoms with E-state index < -0.39 is 0 Å². The number of aromatic nitrogens is 2. The molecule has 0 fully saturated rings. The Morgan fingerprint density at radius 2 is 2.14 bits per heavy atom. The van der Waals surface area contributed by atoms with E-state index in [9.17, 15) is 4.79 Å². The molecule has 8 nitrogen and oxygen atoms in total. The van der Waals surface area contributed by atoms with Gasteiger partial charge in [-0.25, -0.2) is 9.97 Å². The van der Waals surface area contributed by atoms with Crippen LogP contribution < -0.4 is 9.80 Å². The Labute approximate surface area is 126 Å². The van der Waals surface area contributed by atoms with Crippen LogP contribution in [0.1, 0.15) is 17.3 Å². The molecule has 1 aliphatic rings. The lowest BCUT2D eigenvalue weighted by Crippen LogP contribution is -2.25. The zero-order chi connectivity index (χ0) is 15.7. The second kappa shape index (κ2) is 5.34. The van der Waals surface area contributed by atoms with Crippen molar-refractivity contribution in [1.29, 1.82) is 0 Å². The Hall–Kier alpha value is -3.12. The summed E-state index contributed by atoms with van der Waals surface area (Å²) in [7, 11) is 1.69. The molecule has 0 bridgehead atoms. The van der Waals surface area contributed by atoms with Crippen LogP contribution >= 0.6 is 0 Å². The molecule has 1 aliphatic heterocycles. The third-order valence-corrected chi connectivity index (χ3v) is 3.50. The van der Waals surface area contributed by atoms with Gasteiger partial charge in [-0.15, -0.1) is 0 Å². The number of carbonyl (C=O) groups excluding carboxylic acids is 1. The van der Waals surface area contributed by atoms with Crippen molar-refractivity contribution in [2.45, 2.75) is 6.92 Å². The first-order valence-electron chi connectivity index (χ1n) is 6.74. The Bertz CT molecular complexity index is 798. The number of rotatable bonds is 2. The van der Waals surface area contributed by atoms with E-state index in [0.29, 0.717) is 29.4 Å². The number of nitrogens with zero attached hydrogens (tertiary/aromatic N) is 7. The largest absolute Gasteiger partial charge is 0.309 e. The molecule has 0 spiro atoms. The van der Waals surface area contributed by atoms with Crippen molar-refractivity contribution in [2.24, 2.45) is 5.11 Å². The van der Waals surface area contributed by atoms with Crippen molar-refractivity contribution in [3.8, 4) is 0 Å². The van der Waals surface area contributed by atoms with Crippen LogP contribution in [-0.4, -0.2) is 29.5 Å². The van der Waals surface area contributed by atoms with Crippen LogP contribution in [0, 0.1) is 0 Å². The van der Waals surface area contributed by atoms with Crippen LogP contribution in [0.3, 0.4) is 0 Å². The van der Waals surface area contributed by atoms with E-state index in [1.54, 1.807) is 37.5 Å². The van der Waals surface area contributed by atoms with Gasteiger partial charge in [-0.2, -0.15) is 0 Å². The number of pyridine rings is 2. The Kier molecular flexibility index (Phi) is 3.36. The van der Waals surface area contributed by atoms with Crippen molar-refractivity contribution in [3.05, 3.63) is 46.5 Å². The monoisotopic (exact) mass is 295 g/mol. The van der Waals surface area contributed by atoms with Gasteiger partial charge in [0.1, 0.15) is 11.6 Å². The van der Waals surface area contributed by atoms with E-state index in [-0.39, 0.29) is 11.7 Å². The number of hydrogen-bond acceptors (Lipinski definition) is 5. The quantitative estimate of drug-likeness (QED) is 0.482. The highest BCUT2D eigenvalue weighted by Crippen LogP contribution is 2.38. The smallest absolute Gasteiger partial charge is 0.261 e. The summed E-state index contributed by atoms with van der Waals surface area (Å²) in [6.45, 7) is 2.52. The first-order valence-corrected chi connectivity index (χ1v) is 6.74. The maximum absolute atomic E-state index is 12.6. The van der Waals surface area contributed by atoms with E-state index >= 15 is 0 Å². The second-order valence-corrected chi connectivity index (χ2v) is 4.68. The first-order chi connectivity index (χ1) is 10.7. The van der Waals surface area contributed by atoms with E-state index in [0.717, 1.165) is 0 Å². The van der Waals surface area contributed by atoms with Crippen LogP contribution in [0.15, 0.2) is 35.6 Å². The van der Waals surface area contributed by atoms with Gasteiger partial charge in [-0.05, 0) is 41.8 Å². The highest BCUT2D eigenvalue weighted by Gasteiger charge is 2.30. The minimum Gasteiger partial charge on any atom is -0.309 e. The summed E-state index contributed by atoms with van der Waals surface area (Å²) < 4.78 is 0. The van der Waals surface area contributed by atoms with Gasteiger partial charge < -0.3 is 9.80 Å². The van der Waals surface area contributed by atoms with Crippen LogP contribution in [0.25, 0.3) is 10.4 Å². The van der Waals surface area contributed by atoms with Gasteiger partial charge in [-0.3, -0.25) is 4.79 Å². The van der Waals surface area contributed by atoms with E-state index in [1.807, 2.05) is 11.8 Å². The molecule has 0 atom stereocenters. The second-order valence-electron chi connectivity index (χ2n) is 4.68. The van der Waals surface area contributed by atoms with Gasteiger partial charge in [0.15, 0.2) is 5.82 Å². The third-order valence-electron chi connectivity index (χ3n) is 3.50. The van der Waals surface area contributed by atoms with Crippen LogP contribution in [0.4, 0.5) is 23.1 Å². The minimum absolute atomic E-state index is 0.154. The molecule has 0 N–H and O–H groups in total. The van der Waals surface area contributed by atoms with Crippen molar-refractivity contribution in [1.82, 2.24) is 9.97 Å². The molecule has 0 radical (unpaired) electrons. The summed E-state index contributed by atoms with van der Waals surface area (Å²) in [6, 6.07) is 6.77. The zero-order valence-corrected chi connectivity index (χ0v) is 12.1. The first kappa shape index (κ1) is 13.8. The fraction of sp³-hybridized carbons (Fsp3) is 0.214. The summed E-state index contributed by atoms with van der Waals surface area (Å²) in [5.74, 6) is 1.19. The summed E-state index contributed by atoms with van der Waals surface area (Å²) >= 11 is 0. The standard InChI is InChI=1S/C14H13N7O/c1-3-21-12-9(5-4-8-16-12)14(22)20(2)10-6-7-11(18-19-15)17-13(10)21/h4-8H,3H2,1-2H3. The number of azide groups is 1. The molecule has 8 heteroatoms. The summed E-state index contributed by atoms with van der Waals surface area (Å²) in [4.78, 5) is 27.4. The van der Waals surface area contributed by atoms with Gasteiger partial charge in [-0.1, -0.05) is 0 Å². The summed E-state index contributed by atoms with van der Waals surface area (Å²) in [6.07, 6.45) is 1.64. The third kappa shape index (κ3) is 2.02. The molecule has 22 heavy (non-hydrogen) atoms. The van der Waals surface area contributed by atoms with Gasteiger partial charge in [0.05, 0.1) is 11.3 Å². The van der Waals surface area contributed by atoms with Crippen LogP contribution in [-0.2, 0) is 0 Å². The molecule has 0 unspecified atom stereocenters. The van der Waals surface area contributed by atoms with Gasteiger partial charge >= 0.3 is 0 Å². The normalized spacial score (nSPS) is 13.1. The Morgan fingerprint density at radius 3 is 2.86 bits per heavy atom. The van der Waals surface area contributed by atoms with Crippen LogP contribution in [0.5, 0.6) is 0 Å². The topological polar surface area (TPSA) is 98.1 Å². The average Bonchev–Trinajstić information content (AvgIpc) is 2.63. The molecule has 2 aromatic heterocycles. The maximum atomic E-state index is 12.6. The van der Waals surface area contributed by atoms with Crippen molar-refractivity contribution >= 4 is 29.0 Å². The fourth-order valence-corrected chi connectivity index (χ4v) is 2.46. The van der Waals surface area contributed by atoms with Crippen molar-refractivity contribution in [3.63, 3.8) is 0 Å². The Balaban J connectivity index is 2.30. The highest BCUT2D eigenvalue weighted by molar-refractivity contribution is 6.12. The number of carbonyl (C=O) groups is 1. The molecule has 0 aliphatic carbocycles. The molecule has 3 heterocycles. The predicted octanol–water partition coefficient (Wildman–Crippen LogP) is 3.17. The van der Waals surface area contributed by atoms with Gasteiger partial charge in [0.25, 0.3) is 5.91 Å². The van der Waals surface area contributed by atoms with Crippen molar-refractivity contribution in [2.75, 3.05) is 23.4 Å². The highest BCUT2D eigenvalue weighted by atomic mass is 16.2. The molecular formula is C14H13N7O. The lowest BCUT2D eigenvalue weighted by molar-refractivity contribution is 0.0994. The predicted molar refractivity (Wildman–Crippen MR) is 82.7 cm³/mol. The molecule has 110 valence electrons. The Morgan fingerprint density at radius 1 is 1.32 bits per heavy atom. The molecule has 2 aromatic rings. The maximum Gasteiger partial charge on any atom is 0.261 e. The zero-order valence-electron chi connectivity index (χ0n) is 12.1. The number of fused-ring (bicyclic) bond motifs is 2. The van der Waals surface area contributed by atoms with Gasteiger partial charge in [0, 0.05) is 24.7 Å². The average molecular weight is 295 g/mol. The minimum atomic E-state index is -0.154. The van der Waals surface area contributed by atoms with E-state index in [1.165, 1.54) is 4.90 Å². The number of anilines is 3. The SMILES string of the molecule is CCN1c2ncccc2C(=O)N(C)c2ccc(N=[N+]=[N-])nc21. The molecule has 3 rings (SSSR count). The fourth-order valence-electron chi connectivity index (χ4n) is 2.46.